The average molecular weight is 247 g/mol. The Balaban J connectivity index is 2.23. The third-order valence-corrected chi connectivity index (χ3v) is 2.83. The summed E-state index contributed by atoms with van der Waals surface area (Å²) in [6, 6.07) is 6.65. The predicted molar refractivity (Wildman–Crippen MR) is 65.4 cm³/mol. The minimum atomic E-state index is -1.01. The molecule has 0 amide bonds. The topological polar surface area (TPSA) is 99.6 Å². The number of nitrogens with zero attached hydrogens (tertiary/aromatic N) is 2. The molecule has 3 N–H and O–H groups in total. The lowest BCUT2D eigenvalue weighted by molar-refractivity contribution is 0.0696. The van der Waals surface area contributed by atoms with Gasteiger partial charge in [0.1, 0.15) is 0 Å². The number of hydrogen-bond acceptors (Lipinski definition) is 5. The molecule has 1 aromatic rings. The van der Waals surface area contributed by atoms with Crippen LogP contribution in [0.25, 0.3) is 0 Å². The second kappa shape index (κ2) is 4.94. The van der Waals surface area contributed by atoms with Crippen molar-refractivity contribution in [1.29, 1.82) is 5.26 Å². The van der Waals surface area contributed by atoms with E-state index in [1.807, 2.05) is 4.90 Å². The van der Waals surface area contributed by atoms with Gasteiger partial charge in [-0.15, -0.1) is 0 Å². The van der Waals surface area contributed by atoms with Crippen LogP contribution in [0.1, 0.15) is 10.4 Å². The lowest BCUT2D eigenvalue weighted by Crippen LogP contribution is -2.42. The van der Waals surface area contributed by atoms with E-state index in [4.69, 9.17) is 20.8 Å². The lowest BCUT2D eigenvalue weighted by atomic mass is 10.1. The van der Waals surface area contributed by atoms with Crippen molar-refractivity contribution in [2.45, 2.75) is 6.10 Å². The van der Waals surface area contributed by atoms with Crippen molar-refractivity contribution < 1.29 is 14.6 Å². The van der Waals surface area contributed by atoms with Crippen molar-refractivity contribution in [1.82, 2.24) is 0 Å². The van der Waals surface area contributed by atoms with Crippen LogP contribution in [0.2, 0.25) is 0 Å². The highest BCUT2D eigenvalue weighted by atomic mass is 16.5. The third kappa shape index (κ3) is 2.36. The van der Waals surface area contributed by atoms with E-state index in [0.717, 1.165) is 5.69 Å². The number of carboxylic acid groups (broad SMARTS) is 1. The molecular weight excluding hydrogens is 234 g/mol. The summed E-state index contributed by atoms with van der Waals surface area (Å²) in [4.78, 5) is 12.7. The zero-order valence-electron chi connectivity index (χ0n) is 9.67. The zero-order valence-corrected chi connectivity index (χ0v) is 9.67. The van der Waals surface area contributed by atoms with E-state index >= 15 is 0 Å². The first-order valence-corrected chi connectivity index (χ1v) is 5.51. The average Bonchev–Trinajstić information content (AvgIpc) is 2.38. The molecule has 0 aliphatic carbocycles. The number of aromatic carboxylic acids is 1. The van der Waals surface area contributed by atoms with Crippen LogP contribution < -0.4 is 10.6 Å². The van der Waals surface area contributed by atoms with E-state index in [-0.39, 0.29) is 5.56 Å². The molecule has 0 saturated carbocycles. The maximum atomic E-state index is 10.8. The molecule has 1 heterocycles. The Bertz CT molecular complexity index is 510. The minimum Gasteiger partial charge on any atom is -0.478 e. The Labute approximate surface area is 104 Å². The van der Waals surface area contributed by atoms with E-state index in [2.05, 4.69) is 6.07 Å². The Morgan fingerprint density at radius 1 is 1.61 bits per heavy atom. The van der Waals surface area contributed by atoms with Gasteiger partial charge in [-0.3, -0.25) is 0 Å². The molecule has 1 aliphatic rings. The fourth-order valence-electron chi connectivity index (χ4n) is 1.92. The van der Waals surface area contributed by atoms with Gasteiger partial charge >= 0.3 is 5.97 Å². The van der Waals surface area contributed by atoms with E-state index in [1.54, 1.807) is 6.07 Å². The summed E-state index contributed by atoms with van der Waals surface area (Å²) >= 11 is 0. The molecule has 1 aliphatic heterocycles. The van der Waals surface area contributed by atoms with Gasteiger partial charge in [0, 0.05) is 6.54 Å². The number of nitrogen functional groups attached to an aromatic ring is 1. The number of anilines is 2. The van der Waals surface area contributed by atoms with Crippen LogP contribution in [-0.2, 0) is 4.74 Å². The normalized spacial score (nSPS) is 19.3. The largest absolute Gasteiger partial charge is 0.478 e. The van der Waals surface area contributed by atoms with Gasteiger partial charge in [0.2, 0.25) is 0 Å². The molecule has 0 bridgehead atoms. The maximum Gasteiger partial charge on any atom is 0.335 e. The quantitative estimate of drug-likeness (QED) is 0.746. The third-order valence-electron chi connectivity index (χ3n) is 2.83. The first-order chi connectivity index (χ1) is 8.61. The van der Waals surface area contributed by atoms with E-state index in [9.17, 15) is 4.79 Å². The summed E-state index contributed by atoms with van der Waals surface area (Å²) in [6.07, 6.45) is -0.475. The van der Waals surface area contributed by atoms with Gasteiger partial charge in [-0.05, 0) is 18.2 Å². The zero-order chi connectivity index (χ0) is 13.1. The highest BCUT2D eigenvalue weighted by molar-refractivity contribution is 5.90. The van der Waals surface area contributed by atoms with E-state index < -0.39 is 12.1 Å². The summed E-state index contributed by atoms with van der Waals surface area (Å²) in [5.41, 5.74) is 7.14. The van der Waals surface area contributed by atoms with Gasteiger partial charge in [0.15, 0.2) is 6.10 Å². The van der Waals surface area contributed by atoms with Gasteiger partial charge in [-0.2, -0.15) is 5.26 Å². The standard InChI is InChI=1S/C12H13N3O3/c13-6-9-7-15(3-4-18-9)11-2-1-8(12(16)17)5-10(11)14/h1-2,5,9H,3-4,7,14H2,(H,16,17). The number of carbonyl (C=O) groups is 1. The molecule has 2 rings (SSSR count). The van der Waals surface area contributed by atoms with Crippen LogP contribution in [0.15, 0.2) is 18.2 Å². The van der Waals surface area contributed by atoms with Crippen LogP contribution in [0, 0.1) is 11.3 Å². The predicted octanol–water partition coefficient (Wildman–Crippen LogP) is 0.696. The van der Waals surface area contributed by atoms with E-state index in [1.165, 1.54) is 12.1 Å². The van der Waals surface area contributed by atoms with Gasteiger partial charge in [-0.1, -0.05) is 0 Å². The summed E-state index contributed by atoms with van der Waals surface area (Å²) in [5.74, 6) is -1.01. The van der Waals surface area contributed by atoms with Gasteiger partial charge in [-0.25, -0.2) is 4.79 Å². The first kappa shape index (κ1) is 12.2. The van der Waals surface area contributed by atoms with Gasteiger partial charge in [0.25, 0.3) is 0 Å². The maximum absolute atomic E-state index is 10.8. The van der Waals surface area contributed by atoms with Crippen LogP contribution in [-0.4, -0.2) is 36.9 Å². The van der Waals surface area contributed by atoms with Crippen molar-refractivity contribution in [3.05, 3.63) is 23.8 Å². The van der Waals surface area contributed by atoms with Crippen LogP contribution in [0.5, 0.6) is 0 Å². The molecule has 94 valence electrons. The number of carboxylic acids is 1. The summed E-state index contributed by atoms with van der Waals surface area (Å²) in [6.45, 7) is 1.53. The molecular formula is C12H13N3O3. The van der Waals surface area contributed by atoms with Crippen LogP contribution in [0.3, 0.4) is 0 Å². The molecule has 1 atom stereocenters. The summed E-state index contributed by atoms with van der Waals surface area (Å²) in [5, 5.41) is 17.7. The SMILES string of the molecule is N#CC1CN(c2ccc(C(=O)O)cc2N)CCO1. The summed E-state index contributed by atoms with van der Waals surface area (Å²) < 4.78 is 5.24. The molecule has 6 nitrogen and oxygen atoms in total. The summed E-state index contributed by atoms with van der Waals surface area (Å²) in [7, 11) is 0. The Kier molecular flexibility index (Phi) is 3.35. The van der Waals surface area contributed by atoms with Gasteiger partial charge < -0.3 is 20.5 Å². The second-order valence-electron chi connectivity index (χ2n) is 4.01. The molecule has 1 saturated heterocycles. The van der Waals surface area contributed by atoms with Crippen molar-refractivity contribution in [2.24, 2.45) is 0 Å². The number of rotatable bonds is 2. The molecule has 0 radical (unpaired) electrons. The minimum absolute atomic E-state index is 0.154. The monoisotopic (exact) mass is 247 g/mol. The number of nitrogens with two attached hydrogens (primary N) is 1. The molecule has 18 heavy (non-hydrogen) atoms. The fourth-order valence-corrected chi connectivity index (χ4v) is 1.92. The molecule has 1 aromatic carbocycles. The van der Waals surface area contributed by atoms with Crippen molar-refractivity contribution in [3.8, 4) is 6.07 Å². The number of ether oxygens (including phenoxy) is 1. The molecule has 0 spiro atoms. The lowest BCUT2D eigenvalue weighted by Gasteiger charge is -2.32. The van der Waals surface area contributed by atoms with Crippen molar-refractivity contribution >= 4 is 17.3 Å². The number of hydrogen-bond donors (Lipinski definition) is 2. The smallest absolute Gasteiger partial charge is 0.335 e. The second-order valence-corrected chi connectivity index (χ2v) is 4.01. The molecule has 0 aromatic heterocycles. The Hall–Kier alpha value is -2.26. The number of benzene rings is 1. The van der Waals surface area contributed by atoms with Crippen LogP contribution in [0.4, 0.5) is 11.4 Å². The molecule has 1 unspecified atom stereocenters. The molecule has 6 heteroatoms. The van der Waals surface area contributed by atoms with Gasteiger partial charge in [0.05, 0.1) is 36.2 Å². The highest BCUT2D eigenvalue weighted by Crippen LogP contribution is 2.26. The van der Waals surface area contributed by atoms with Crippen molar-refractivity contribution in [2.75, 3.05) is 30.3 Å². The number of nitriles is 1. The fraction of sp³-hybridized carbons (Fsp3) is 0.333. The Morgan fingerprint density at radius 3 is 3.00 bits per heavy atom. The van der Waals surface area contributed by atoms with Crippen molar-refractivity contribution in [3.63, 3.8) is 0 Å². The van der Waals surface area contributed by atoms with E-state index in [0.29, 0.717) is 25.4 Å². The highest BCUT2D eigenvalue weighted by Gasteiger charge is 2.21. The first-order valence-electron chi connectivity index (χ1n) is 5.51. The van der Waals surface area contributed by atoms with Crippen LogP contribution >= 0.6 is 0 Å². The Morgan fingerprint density at radius 2 is 2.39 bits per heavy atom. The molecule has 1 fully saturated rings. The number of morpholine rings is 1.